The van der Waals surface area contributed by atoms with E-state index in [4.69, 9.17) is 0 Å². The van der Waals surface area contributed by atoms with E-state index in [2.05, 4.69) is 5.32 Å². The first-order valence-electron chi connectivity index (χ1n) is 10.2. The summed E-state index contributed by atoms with van der Waals surface area (Å²) in [5, 5.41) is 2.95. The summed E-state index contributed by atoms with van der Waals surface area (Å²) in [4.78, 5) is 14.1. The van der Waals surface area contributed by atoms with Crippen LogP contribution in [0.1, 0.15) is 50.5 Å². The first-order valence-corrected chi connectivity index (χ1v) is 11.6. The van der Waals surface area contributed by atoms with Crippen LogP contribution in [0.2, 0.25) is 0 Å². The maximum atomic E-state index is 12.9. The van der Waals surface area contributed by atoms with Gasteiger partial charge in [0.05, 0.1) is 18.0 Å². The minimum Gasteiger partial charge on any atom is -0.327 e. The Kier molecular flexibility index (Phi) is 6.89. The summed E-state index contributed by atoms with van der Waals surface area (Å²) < 4.78 is 27.4. The molecule has 2 saturated heterocycles. The largest absolute Gasteiger partial charge is 0.327 e. The van der Waals surface area contributed by atoms with E-state index < -0.39 is 10.0 Å². The van der Waals surface area contributed by atoms with Crippen molar-refractivity contribution in [1.82, 2.24) is 4.31 Å². The number of nitrogens with zero attached hydrogens (tertiary/aromatic N) is 1. The summed E-state index contributed by atoms with van der Waals surface area (Å²) in [5.74, 6) is -0.0393. The molecule has 0 bridgehead atoms. The van der Waals surface area contributed by atoms with Crippen molar-refractivity contribution in [2.24, 2.45) is 0 Å². The third-order valence-electron chi connectivity index (χ3n) is 5.66. The van der Waals surface area contributed by atoms with Crippen LogP contribution in [0, 0.1) is 6.92 Å². The molecular formula is C20H32N3O3S+. The number of likely N-dealkylation sites (tertiary alicyclic amines) is 1. The second kappa shape index (κ2) is 9.17. The molecule has 0 radical (unpaired) electrons. The molecule has 6 nitrogen and oxygen atoms in total. The summed E-state index contributed by atoms with van der Waals surface area (Å²) in [6.45, 7) is 5.58. The SMILES string of the molecule is Cc1ccc(S(=O)(=O)N2CCCCC2)cc1NC(=O)C[NH+]1CCCCCC1. The van der Waals surface area contributed by atoms with Crippen molar-refractivity contribution in [2.45, 2.75) is 56.8 Å². The molecule has 1 aromatic carbocycles. The zero-order chi connectivity index (χ0) is 19.3. The van der Waals surface area contributed by atoms with Gasteiger partial charge in [0.15, 0.2) is 6.54 Å². The number of sulfonamides is 1. The molecule has 0 aliphatic carbocycles. The Balaban J connectivity index is 1.70. The number of hydrogen-bond donors (Lipinski definition) is 2. The van der Waals surface area contributed by atoms with Gasteiger partial charge in [-0.15, -0.1) is 0 Å². The number of anilines is 1. The normalized spacial score (nSPS) is 20.2. The zero-order valence-corrected chi connectivity index (χ0v) is 17.1. The third kappa shape index (κ3) is 5.30. The van der Waals surface area contributed by atoms with Crippen LogP contribution in [0.4, 0.5) is 5.69 Å². The van der Waals surface area contributed by atoms with E-state index in [1.165, 1.54) is 30.6 Å². The number of hydrogen-bond acceptors (Lipinski definition) is 3. The Hall–Kier alpha value is -1.44. The number of piperidine rings is 1. The van der Waals surface area contributed by atoms with Crippen molar-refractivity contribution in [3.05, 3.63) is 23.8 Å². The molecule has 1 aromatic rings. The van der Waals surface area contributed by atoms with Crippen LogP contribution in [-0.2, 0) is 14.8 Å². The number of rotatable bonds is 5. The second-order valence-electron chi connectivity index (χ2n) is 7.83. The van der Waals surface area contributed by atoms with E-state index in [-0.39, 0.29) is 10.8 Å². The highest BCUT2D eigenvalue weighted by Gasteiger charge is 2.26. The predicted octanol–water partition coefficient (Wildman–Crippen LogP) is 1.57. The Morgan fingerprint density at radius 1 is 1.04 bits per heavy atom. The molecule has 150 valence electrons. The minimum absolute atomic E-state index is 0.0393. The molecule has 0 unspecified atom stereocenters. The number of aryl methyl sites for hydroxylation is 1. The molecule has 2 heterocycles. The molecule has 7 heteroatoms. The van der Waals surface area contributed by atoms with Crippen LogP contribution in [0.5, 0.6) is 0 Å². The average molecular weight is 395 g/mol. The first kappa shape index (κ1) is 20.3. The van der Waals surface area contributed by atoms with Gasteiger partial charge in [0.2, 0.25) is 10.0 Å². The van der Waals surface area contributed by atoms with Gasteiger partial charge in [0.1, 0.15) is 0 Å². The molecule has 1 amide bonds. The number of benzene rings is 1. The number of carbonyl (C=O) groups excluding carboxylic acids is 1. The van der Waals surface area contributed by atoms with Gasteiger partial charge in [-0.05, 0) is 63.1 Å². The van der Waals surface area contributed by atoms with E-state index in [0.29, 0.717) is 25.3 Å². The van der Waals surface area contributed by atoms with Crippen molar-refractivity contribution < 1.29 is 18.1 Å². The van der Waals surface area contributed by atoms with Crippen LogP contribution >= 0.6 is 0 Å². The monoisotopic (exact) mass is 394 g/mol. The van der Waals surface area contributed by atoms with Crippen LogP contribution in [0.15, 0.2) is 23.1 Å². The fourth-order valence-electron chi connectivity index (χ4n) is 3.98. The van der Waals surface area contributed by atoms with E-state index in [0.717, 1.165) is 37.9 Å². The molecule has 0 saturated carbocycles. The van der Waals surface area contributed by atoms with Crippen LogP contribution in [0.25, 0.3) is 0 Å². The standard InChI is InChI=1S/C20H31N3O3S/c1-17-9-10-18(27(25,26)23-13-7-4-8-14-23)15-19(17)21-20(24)16-22-11-5-2-3-6-12-22/h9-10,15H,2-8,11-14,16H2,1H3,(H,21,24)/p+1. The van der Waals surface area contributed by atoms with Gasteiger partial charge >= 0.3 is 0 Å². The second-order valence-corrected chi connectivity index (χ2v) is 9.77. The summed E-state index contributed by atoms with van der Waals surface area (Å²) in [6, 6.07) is 5.05. The molecule has 2 aliphatic rings. The fourth-order valence-corrected chi connectivity index (χ4v) is 5.52. The lowest BCUT2D eigenvalue weighted by atomic mass is 10.2. The van der Waals surface area contributed by atoms with Crippen LogP contribution < -0.4 is 10.2 Å². The van der Waals surface area contributed by atoms with Gasteiger partial charge in [0.25, 0.3) is 5.91 Å². The van der Waals surface area contributed by atoms with Crippen molar-refractivity contribution in [3.63, 3.8) is 0 Å². The van der Waals surface area contributed by atoms with Crippen molar-refractivity contribution in [1.29, 1.82) is 0 Å². The maximum absolute atomic E-state index is 12.9. The number of carbonyl (C=O) groups is 1. The Bertz CT molecular complexity index is 750. The molecular weight excluding hydrogens is 362 g/mol. The number of amides is 1. The third-order valence-corrected chi connectivity index (χ3v) is 7.55. The van der Waals surface area contributed by atoms with Gasteiger partial charge in [-0.25, -0.2) is 8.42 Å². The highest BCUT2D eigenvalue weighted by Crippen LogP contribution is 2.25. The number of nitrogens with one attached hydrogen (secondary N) is 2. The molecule has 3 rings (SSSR count). The van der Waals surface area contributed by atoms with Crippen molar-refractivity contribution >= 4 is 21.6 Å². The Morgan fingerprint density at radius 3 is 2.33 bits per heavy atom. The van der Waals surface area contributed by atoms with Crippen molar-refractivity contribution in [3.8, 4) is 0 Å². The molecule has 2 N–H and O–H groups in total. The summed E-state index contributed by atoms with van der Waals surface area (Å²) in [5.41, 5.74) is 1.49. The molecule has 27 heavy (non-hydrogen) atoms. The van der Waals surface area contributed by atoms with E-state index >= 15 is 0 Å². The van der Waals surface area contributed by atoms with Gasteiger partial charge in [0, 0.05) is 18.8 Å². The van der Waals surface area contributed by atoms with Gasteiger partial charge in [-0.1, -0.05) is 12.5 Å². The Labute approximate surface area is 163 Å². The molecule has 2 fully saturated rings. The fraction of sp³-hybridized carbons (Fsp3) is 0.650. The zero-order valence-electron chi connectivity index (χ0n) is 16.3. The van der Waals surface area contributed by atoms with E-state index in [1.807, 2.05) is 6.92 Å². The minimum atomic E-state index is -3.49. The summed E-state index contributed by atoms with van der Waals surface area (Å²) in [6.07, 6.45) is 7.75. The highest BCUT2D eigenvalue weighted by molar-refractivity contribution is 7.89. The van der Waals surface area contributed by atoms with Crippen molar-refractivity contribution in [2.75, 3.05) is 38.0 Å². The van der Waals surface area contributed by atoms with Crippen LogP contribution in [0.3, 0.4) is 0 Å². The molecule has 0 aromatic heterocycles. The first-order chi connectivity index (χ1) is 13.0. The molecule has 0 atom stereocenters. The summed E-state index contributed by atoms with van der Waals surface area (Å²) in [7, 11) is -3.49. The average Bonchev–Trinajstić information content (AvgIpc) is 2.92. The smallest absolute Gasteiger partial charge is 0.279 e. The quantitative estimate of drug-likeness (QED) is 0.796. The number of quaternary nitrogens is 1. The topological polar surface area (TPSA) is 70.9 Å². The molecule has 0 spiro atoms. The summed E-state index contributed by atoms with van der Waals surface area (Å²) >= 11 is 0. The molecule has 2 aliphatic heterocycles. The predicted molar refractivity (Wildman–Crippen MR) is 106 cm³/mol. The van der Waals surface area contributed by atoms with E-state index in [9.17, 15) is 13.2 Å². The lowest BCUT2D eigenvalue weighted by Crippen LogP contribution is -3.12. The van der Waals surface area contributed by atoms with Gasteiger partial charge in [-0.2, -0.15) is 4.31 Å². The van der Waals surface area contributed by atoms with E-state index in [1.54, 1.807) is 22.5 Å². The maximum Gasteiger partial charge on any atom is 0.279 e. The highest BCUT2D eigenvalue weighted by atomic mass is 32.2. The Morgan fingerprint density at radius 2 is 1.67 bits per heavy atom. The van der Waals surface area contributed by atoms with Gasteiger partial charge < -0.3 is 10.2 Å². The lowest BCUT2D eigenvalue weighted by molar-refractivity contribution is -0.890. The lowest BCUT2D eigenvalue weighted by Gasteiger charge is -2.26. The van der Waals surface area contributed by atoms with Crippen LogP contribution in [-0.4, -0.2) is 51.4 Å². The van der Waals surface area contributed by atoms with Gasteiger partial charge in [-0.3, -0.25) is 4.79 Å².